The van der Waals surface area contributed by atoms with E-state index in [0.29, 0.717) is 29.8 Å². The summed E-state index contributed by atoms with van der Waals surface area (Å²) in [5.41, 5.74) is 3.64. The average molecular weight is 682 g/mol. The maximum Gasteiger partial charge on any atom is 0.260 e. The Hall–Kier alpha value is -3.66. The summed E-state index contributed by atoms with van der Waals surface area (Å²) in [6.07, 6.45) is 9.71. The standard InChI is InChI=1S/C40H51N5O3S/c1-39(2,3)23-35-43-33-22-40(4,5)21-32(36(33)49-35)42-24-34(46)31(19-26-13-7-6-8-14-26)44-37(47)27-20-29(30-17-11-12-18-41-30)38(48)45(25-27)28-15-9-10-16-28/h6-8,11-14,17-18,20,25,28,31-32,34,42,46H,9-10,15-16,19,21-24H2,1-5H3,(H,44,47)/t31-,32?,34+/m0/s1. The fraction of sp³-hybridized carbons (Fsp3) is 0.500. The number of pyridine rings is 2. The molecular weight excluding hydrogens is 631 g/mol. The van der Waals surface area contributed by atoms with Gasteiger partial charge in [0.1, 0.15) is 0 Å². The Labute approximate surface area is 294 Å². The molecule has 3 heterocycles. The number of fused-ring (bicyclic) bond motifs is 1. The molecule has 4 aromatic rings. The van der Waals surface area contributed by atoms with E-state index in [1.165, 1.54) is 15.6 Å². The van der Waals surface area contributed by atoms with Crippen molar-refractivity contribution in [2.24, 2.45) is 10.8 Å². The van der Waals surface area contributed by atoms with Gasteiger partial charge in [0.05, 0.1) is 39.7 Å². The number of carbonyl (C=O) groups excluding carboxylic acids is 1. The van der Waals surface area contributed by atoms with Crippen LogP contribution in [0.25, 0.3) is 11.3 Å². The number of nitrogens with one attached hydrogen (secondary N) is 2. The molecule has 9 heteroatoms. The minimum atomic E-state index is -0.865. The van der Waals surface area contributed by atoms with Crippen LogP contribution in [0.3, 0.4) is 0 Å². The van der Waals surface area contributed by atoms with Crippen LogP contribution in [0.5, 0.6) is 0 Å². The van der Waals surface area contributed by atoms with Crippen LogP contribution in [-0.2, 0) is 19.3 Å². The van der Waals surface area contributed by atoms with Gasteiger partial charge in [0.15, 0.2) is 0 Å². The summed E-state index contributed by atoms with van der Waals surface area (Å²) in [5.74, 6) is -0.320. The second-order valence-corrected chi connectivity index (χ2v) is 17.1. The molecule has 0 radical (unpaired) electrons. The lowest BCUT2D eigenvalue weighted by Gasteiger charge is -2.35. The summed E-state index contributed by atoms with van der Waals surface area (Å²) >= 11 is 1.80. The topological polar surface area (TPSA) is 109 Å². The van der Waals surface area contributed by atoms with Crippen molar-refractivity contribution in [1.29, 1.82) is 0 Å². The number of amides is 1. The summed E-state index contributed by atoms with van der Waals surface area (Å²) in [6.45, 7) is 11.6. The molecule has 260 valence electrons. The van der Waals surface area contributed by atoms with Crippen molar-refractivity contribution in [3.63, 3.8) is 0 Å². The van der Waals surface area contributed by atoms with Crippen LogP contribution in [-0.4, -0.2) is 44.2 Å². The lowest BCUT2D eigenvalue weighted by molar-refractivity contribution is 0.0817. The number of benzene rings is 1. The maximum atomic E-state index is 14.1. The van der Waals surface area contributed by atoms with E-state index in [1.807, 2.05) is 42.5 Å². The number of aliphatic hydroxyl groups excluding tert-OH is 1. The Bertz CT molecular complexity index is 1790. The van der Waals surface area contributed by atoms with Gasteiger partial charge in [-0.05, 0) is 66.7 Å². The molecule has 0 saturated heterocycles. The lowest BCUT2D eigenvalue weighted by atomic mass is 9.76. The average Bonchev–Trinajstić information content (AvgIpc) is 3.73. The first-order valence-corrected chi connectivity index (χ1v) is 18.6. The molecule has 3 N–H and O–H groups in total. The Balaban J connectivity index is 1.25. The molecule has 0 bridgehead atoms. The van der Waals surface area contributed by atoms with Gasteiger partial charge in [-0.15, -0.1) is 11.3 Å². The predicted molar refractivity (Wildman–Crippen MR) is 197 cm³/mol. The molecule has 1 aromatic carbocycles. The van der Waals surface area contributed by atoms with E-state index in [9.17, 15) is 14.7 Å². The molecule has 6 rings (SSSR count). The summed E-state index contributed by atoms with van der Waals surface area (Å²) in [5, 5.41) is 19.8. The highest BCUT2D eigenvalue weighted by Gasteiger charge is 2.36. The number of thiazole rings is 1. The Morgan fingerprint density at radius 3 is 2.53 bits per heavy atom. The summed E-state index contributed by atoms with van der Waals surface area (Å²) < 4.78 is 1.74. The summed E-state index contributed by atoms with van der Waals surface area (Å²) in [6, 6.07) is 16.6. The third-order valence-corrected chi connectivity index (χ3v) is 11.0. The first kappa shape index (κ1) is 35.2. The van der Waals surface area contributed by atoms with Crippen LogP contribution >= 0.6 is 11.3 Å². The maximum absolute atomic E-state index is 14.1. The molecule has 3 aromatic heterocycles. The van der Waals surface area contributed by atoms with E-state index in [0.717, 1.165) is 50.5 Å². The van der Waals surface area contributed by atoms with Crippen LogP contribution in [0.2, 0.25) is 0 Å². The number of nitrogens with zero attached hydrogens (tertiary/aromatic N) is 3. The fourth-order valence-electron chi connectivity index (χ4n) is 7.37. The second kappa shape index (κ2) is 14.7. The van der Waals surface area contributed by atoms with E-state index < -0.39 is 12.1 Å². The number of aromatic nitrogens is 3. The lowest BCUT2D eigenvalue weighted by Crippen LogP contribution is -2.49. The number of rotatable bonds is 11. The summed E-state index contributed by atoms with van der Waals surface area (Å²) in [7, 11) is 0. The highest BCUT2D eigenvalue weighted by Crippen LogP contribution is 2.44. The van der Waals surface area contributed by atoms with Gasteiger partial charge in [-0.2, -0.15) is 0 Å². The van der Waals surface area contributed by atoms with Crippen molar-refractivity contribution in [3.8, 4) is 11.3 Å². The molecule has 2 aliphatic rings. The largest absolute Gasteiger partial charge is 0.390 e. The molecule has 49 heavy (non-hydrogen) atoms. The molecule has 8 nitrogen and oxygen atoms in total. The van der Waals surface area contributed by atoms with Crippen molar-refractivity contribution < 1.29 is 9.90 Å². The number of hydrogen-bond acceptors (Lipinski definition) is 7. The Morgan fingerprint density at radius 2 is 1.84 bits per heavy atom. The molecule has 1 saturated carbocycles. The van der Waals surface area contributed by atoms with Crippen molar-refractivity contribution in [2.75, 3.05) is 6.54 Å². The summed E-state index contributed by atoms with van der Waals surface area (Å²) in [4.78, 5) is 38.6. The van der Waals surface area contributed by atoms with Gasteiger partial charge in [-0.25, -0.2) is 4.98 Å². The van der Waals surface area contributed by atoms with Gasteiger partial charge in [0.25, 0.3) is 11.5 Å². The fourth-order valence-corrected chi connectivity index (χ4v) is 8.83. The quantitative estimate of drug-likeness (QED) is 0.156. The molecule has 1 amide bonds. The highest BCUT2D eigenvalue weighted by atomic mass is 32.1. The highest BCUT2D eigenvalue weighted by molar-refractivity contribution is 7.11. The molecular formula is C40H51N5O3S. The third kappa shape index (κ3) is 8.74. The first-order valence-electron chi connectivity index (χ1n) is 17.8. The van der Waals surface area contributed by atoms with Crippen molar-refractivity contribution in [3.05, 3.63) is 104 Å². The molecule has 0 spiro atoms. The van der Waals surface area contributed by atoms with Crippen LogP contribution in [0.15, 0.2) is 71.8 Å². The Morgan fingerprint density at radius 1 is 1.10 bits per heavy atom. The van der Waals surface area contributed by atoms with E-state index in [1.54, 1.807) is 40.4 Å². The van der Waals surface area contributed by atoms with Crippen LogP contribution in [0.4, 0.5) is 0 Å². The second-order valence-electron chi connectivity index (χ2n) is 16.0. The van der Waals surface area contributed by atoms with Crippen molar-refractivity contribution >= 4 is 17.2 Å². The zero-order valence-electron chi connectivity index (χ0n) is 29.5. The van der Waals surface area contributed by atoms with Gasteiger partial charge in [-0.1, -0.05) is 83.9 Å². The van der Waals surface area contributed by atoms with Crippen molar-refractivity contribution in [2.45, 2.75) is 110 Å². The van der Waals surface area contributed by atoms with E-state index >= 15 is 0 Å². The molecule has 1 fully saturated rings. The number of carbonyl (C=O) groups is 1. The van der Waals surface area contributed by atoms with Gasteiger partial charge in [0.2, 0.25) is 0 Å². The van der Waals surface area contributed by atoms with Gasteiger partial charge in [0, 0.05) is 42.3 Å². The minimum absolute atomic E-state index is 0.0536. The van der Waals surface area contributed by atoms with E-state index in [-0.39, 0.29) is 34.4 Å². The van der Waals surface area contributed by atoms with Gasteiger partial charge < -0.3 is 20.3 Å². The zero-order valence-corrected chi connectivity index (χ0v) is 30.4. The van der Waals surface area contributed by atoms with Gasteiger partial charge >= 0.3 is 0 Å². The van der Waals surface area contributed by atoms with Gasteiger partial charge in [-0.3, -0.25) is 14.6 Å². The monoisotopic (exact) mass is 681 g/mol. The van der Waals surface area contributed by atoms with E-state index in [4.69, 9.17) is 4.98 Å². The van der Waals surface area contributed by atoms with Crippen LogP contribution < -0.4 is 16.2 Å². The molecule has 0 aliphatic heterocycles. The predicted octanol–water partition coefficient (Wildman–Crippen LogP) is 7.08. The zero-order chi connectivity index (χ0) is 34.8. The number of aliphatic hydroxyl groups is 1. The third-order valence-electron chi connectivity index (χ3n) is 9.79. The Kier molecular flexibility index (Phi) is 10.5. The molecule has 2 aliphatic carbocycles. The smallest absolute Gasteiger partial charge is 0.260 e. The SMILES string of the molecule is CC(C)(C)Cc1nc2c(s1)C(NC[C@@H](O)[C@H](Cc1ccccc1)NC(=O)c1cc(-c3ccccn3)c(=O)n(C3CCCC3)c1)CC(C)(C)C2. The molecule has 3 atom stereocenters. The normalized spacial score (nSPS) is 18.9. The van der Waals surface area contributed by atoms with Crippen LogP contribution in [0.1, 0.15) is 110 Å². The number of hydrogen-bond donors (Lipinski definition) is 3. The minimum Gasteiger partial charge on any atom is -0.390 e. The molecule has 1 unspecified atom stereocenters. The van der Waals surface area contributed by atoms with E-state index in [2.05, 4.69) is 50.2 Å². The van der Waals surface area contributed by atoms with Crippen molar-refractivity contribution in [1.82, 2.24) is 25.2 Å². The first-order chi connectivity index (χ1) is 23.3. The van der Waals surface area contributed by atoms with Crippen LogP contribution in [0, 0.1) is 10.8 Å².